The smallest absolute Gasteiger partial charge is 0.142 e. The second-order valence-electron chi connectivity index (χ2n) is 2.80. The van der Waals surface area contributed by atoms with E-state index in [1.165, 1.54) is 0 Å². The quantitative estimate of drug-likeness (QED) is 0.772. The van der Waals surface area contributed by atoms with Crippen LogP contribution in [0.4, 0.5) is 0 Å². The van der Waals surface area contributed by atoms with Gasteiger partial charge in [-0.2, -0.15) is 0 Å². The summed E-state index contributed by atoms with van der Waals surface area (Å²) in [6.07, 6.45) is 0. The topological polar surface area (TPSA) is 17.1 Å². The Kier molecular flexibility index (Phi) is 4.00. The molecule has 1 atom stereocenters. The molecule has 0 radical (unpaired) electrons. The number of halogens is 1. The van der Waals surface area contributed by atoms with Crippen LogP contribution in [0, 0.1) is 0 Å². The summed E-state index contributed by atoms with van der Waals surface area (Å²) in [4.78, 5) is 12.1. The normalized spacial score (nSPS) is 12.5. The lowest BCUT2D eigenvalue weighted by atomic mass is 10.3. The highest BCUT2D eigenvalue weighted by Gasteiger charge is 2.10. The molecule has 70 valence electrons. The van der Waals surface area contributed by atoms with E-state index in [0.29, 0.717) is 0 Å². The molecular formula is C10H11BrOS. The molecule has 0 aromatic heterocycles. The number of thioether (sulfide) groups is 1. The van der Waals surface area contributed by atoms with Crippen molar-refractivity contribution in [2.24, 2.45) is 0 Å². The zero-order chi connectivity index (χ0) is 9.84. The predicted molar refractivity (Wildman–Crippen MR) is 60.1 cm³/mol. The fourth-order valence-corrected chi connectivity index (χ4v) is 2.26. The van der Waals surface area contributed by atoms with Gasteiger partial charge in [0.25, 0.3) is 0 Å². The van der Waals surface area contributed by atoms with Crippen molar-refractivity contribution < 1.29 is 4.79 Å². The molecule has 1 aromatic carbocycles. The molecule has 3 heteroatoms. The van der Waals surface area contributed by atoms with Crippen LogP contribution in [0.2, 0.25) is 0 Å². The van der Waals surface area contributed by atoms with E-state index >= 15 is 0 Å². The monoisotopic (exact) mass is 258 g/mol. The molecule has 1 nitrogen and oxygen atoms in total. The summed E-state index contributed by atoms with van der Waals surface area (Å²) in [5, 5.41) is 0.0266. The van der Waals surface area contributed by atoms with Gasteiger partial charge in [-0.1, -0.05) is 12.1 Å². The summed E-state index contributed by atoms with van der Waals surface area (Å²) in [6.45, 7) is 3.54. The van der Waals surface area contributed by atoms with Crippen LogP contribution in [-0.4, -0.2) is 11.0 Å². The first-order chi connectivity index (χ1) is 6.11. The van der Waals surface area contributed by atoms with Gasteiger partial charge in [-0.3, -0.25) is 4.79 Å². The number of hydrogen-bond acceptors (Lipinski definition) is 2. The second kappa shape index (κ2) is 4.82. The molecule has 0 aliphatic carbocycles. The van der Waals surface area contributed by atoms with Gasteiger partial charge in [0.1, 0.15) is 5.78 Å². The molecule has 13 heavy (non-hydrogen) atoms. The van der Waals surface area contributed by atoms with Crippen LogP contribution < -0.4 is 0 Å². The molecule has 1 aromatic rings. The summed E-state index contributed by atoms with van der Waals surface area (Å²) in [6, 6.07) is 7.93. The predicted octanol–water partition coefficient (Wildman–Crippen LogP) is 3.52. The summed E-state index contributed by atoms with van der Waals surface area (Å²) in [5.74, 6) is 0.209. The van der Waals surface area contributed by atoms with Crippen molar-refractivity contribution in [1.82, 2.24) is 0 Å². The Hall–Kier alpha value is -0.280. The van der Waals surface area contributed by atoms with E-state index in [9.17, 15) is 4.79 Å². The van der Waals surface area contributed by atoms with Crippen molar-refractivity contribution in [3.63, 3.8) is 0 Å². The number of hydrogen-bond donors (Lipinski definition) is 0. The number of rotatable bonds is 3. The van der Waals surface area contributed by atoms with Gasteiger partial charge in [0.05, 0.1) is 5.25 Å². The molecule has 0 spiro atoms. The van der Waals surface area contributed by atoms with Crippen LogP contribution in [0.15, 0.2) is 33.6 Å². The number of benzene rings is 1. The molecule has 0 saturated heterocycles. The van der Waals surface area contributed by atoms with E-state index < -0.39 is 0 Å². The lowest BCUT2D eigenvalue weighted by molar-refractivity contribution is -0.116. The minimum atomic E-state index is 0.0266. The van der Waals surface area contributed by atoms with Crippen LogP contribution in [-0.2, 0) is 4.79 Å². The van der Waals surface area contributed by atoms with E-state index in [0.717, 1.165) is 9.37 Å². The molecule has 0 saturated carbocycles. The maximum Gasteiger partial charge on any atom is 0.142 e. The fraction of sp³-hybridized carbons (Fsp3) is 0.300. The molecule has 0 fully saturated rings. The molecule has 0 bridgehead atoms. The maximum atomic E-state index is 11.0. The Morgan fingerprint density at radius 1 is 1.46 bits per heavy atom. The molecule has 0 aliphatic rings. The van der Waals surface area contributed by atoms with Crippen molar-refractivity contribution in [1.29, 1.82) is 0 Å². The van der Waals surface area contributed by atoms with E-state index in [4.69, 9.17) is 0 Å². The SMILES string of the molecule is CC(=O)C(C)Sc1ccccc1Br. The highest BCUT2D eigenvalue weighted by Crippen LogP contribution is 2.30. The molecule has 0 amide bonds. The zero-order valence-electron chi connectivity index (χ0n) is 7.58. The lowest BCUT2D eigenvalue weighted by Crippen LogP contribution is -2.07. The molecule has 0 N–H and O–H groups in total. The molecular weight excluding hydrogens is 248 g/mol. The third kappa shape index (κ3) is 3.16. The fourth-order valence-electron chi connectivity index (χ4n) is 0.814. The van der Waals surface area contributed by atoms with Crippen LogP contribution in [0.1, 0.15) is 13.8 Å². The second-order valence-corrected chi connectivity index (χ2v) is 5.04. The average Bonchev–Trinajstić information content (AvgIpc) is 2.08. The largest absolute Gasteiger partial charge is 0.299 e. The third-order valence-corrected chi connectivity index (χ3v) is 3.96. The first-order valence-electron chi connectivity index (χ1n) is 4.03. The number of carbonyl (C=O) groups excluding carboxylic acids is 1. The van der Waals surface area contributed by atoms with Gasteiger partial charge in [-0.05, 0) is 41.9 Å². The number of Topliss-reactive ketones (excluding diaryl/α,β-unsaturated/α-hetero) is 1. The van der Waals surface area contributed by atoms with E-state index in [1.54, 1.807) is 18.7 Å². The van der Waals surface area contributed by atoms with Crippen LogP contribution in [0.5, 0.6) is 0 Å². The zero-order valence-corrected chi connectivity index (χ0v) is 9.98. The first-order valence-corrected chi connectivity index (χ1v) is 5.70. The summed E-state index contributed by atoms with van der Waals surface area (Å²) >= 11 is 5.02. The third-order valence-electron chi connectivity index (χ3n) is 1.71. The van der Waals surface area contributed by atoms with Crippen molar-refractivity contribution in [3.8, 4) is 0 Å². The minimum Gasteiger partial charge on any atom is -0.299 e. The van der Waals surface area contributed by atoms with Crippen molar-refractivity contribution in [2.45, 2.75) is 24.0 Å². The molecule has 0 aliphatic heterocycles. The van der Waals surface area contributed by atoms with Crippen LogP contribution in [0.25, 0.3) is 0 Å². The van der Waals surface area contributed by atoms with E-state index in [1.807, 2.05) is 31.2 Å². The standard InChI is InChI=1S/C10H11BrOS/c1-7(12)8(2)13-10-6-4-3-5-9(10)11/h3-6,8H,1-2H3. The number of ketones is 1. The Morgan fingerprint density at radius 3 is 2.62 bits per heavy atom. The minimum absolute atomic E-state index is 0.0266. The Morgan fingerprint density at radius 2 is 2.08 bits per heavy atom. The summed E-state index contributed by atoms with van der Waals surface area (Å²) < 4.78 is 1.05. The van der Waals surface area contributed by atoms with Gasteiger partial charge >= 0.3 is 0 Å². The Bertz CT molecular complexity index is 312. The highest BCUT2D eigenvalue weighted by molar-refractivity contribution is 9.10. The van der Waals surface area contributed by atoms with Crippen molar-refractivity contribution in [3.05, 3.63) is 28.7 Å². The Labute approximate surface area is 91.0 Å². The number of carbonyl (C=O) groups is 1. The lowest BCUT2D eigenvalue weighted by Gasteiger charge is -2.08. The average molecular weight is 259 g/mol. The molecule has 0 heterocycles. The van der Waals surface area contributed by atoms with Crippen molar-refractivity contribution in [2.75, 3.05) is 0 Å². The first kappa shape index (κ1) is 10.8. The molecule has 1 unspecified atom stereocenters. The highest BCUT2D eigenvalue weighted by atomic mass is 79.9. The van der Waals surface area contributed by atoms with Crippen LogP contribution >= 0.6 is 27.7 Å². The van der Waals surface area contributed by atoms with Crippen LogP contribution in [0.3, 0.4) is 0 Å². The van der Waals surface area contributed by atoms with Gasteiger partial charge in [-0.15, -0.1) is 11.8 Å². The van der Waals surface area contributed by atoms with Gasteiger partial charge in [0.2, 0.25) is 0 Å². The van der Waals surface area contributed by atoms with E-state index in [2.05, 4.69) is 15.9 Å². The summed E-state index contributed by atoms with van der Waals surface area (Å²) in [5.41, 5.74) is 0. The van der Waals surface area contributed by atoms with Gasteiger partial charge in [-0.25, -0.2) is 0 Å². The van der Waals surface area contributed by atoms with Gasteiger partial charge in [0, 0.05) is 9.37 Å². The van der Waals surface area contributed by atoms with Gasteiger partial charge < -0.3 is 0 Å². The maximum absolute atomic E-state index is 11.0. The van der Waals surface area contributed by atoms with Gasteiger partial charge in [0.15, 0.2) is 0 Å². The Balaban J connectivity index is 2.74. The summed E-state index contributed by atoms with van der Waals surface area (Å²) in [7, 11) is 0. The molecule has 1 rings (SSSR count). The van der Waals surface area contributed by atoms with Crippen molar-refractivity contribution >= 4 is 33.5 Å². The van der Waals surface area contributed by atoms with E-state index in [-0.39, 0.29) is 11.0 Å².